The van der Waals surface area contributed by atoms with Gasteiger partial charge >= 0.3 is 0 Å². The van der Waals surface area contributed by atoms with E-state index in [4.69, 9.17) is 22.1 Å². The molecule has 0 unspecified atom stereocenters. The molecule has 0 fully saturated rings. The first-order valence-electron chi connectivity index (χ1n) is 7.98. The first-order chi connectivity index (χ1) is 13.0. The molecule has 9 heteroatoms. The number of anilines is 3. The van der Waals surface area contributed by atoms with Crippen LogP contribution in [0, 0.1) is 0 Å². The summed E-state index contributed by atoms with van der Waals surface area (Å²) in [5.41, 5.74) is 7.22. The number of aromatic amines is 1. The quantitative estimate of drug-likeness (QED) is 0.424. The first kappa shape index (κ1) is 18.4. The van der Waals surface area contributed by atoms with E-state index in [1.54, 1.807) is 36.4 Å². The Hall–Kier alpha value is -3.39. The van der Waals surface area contributed by atoms with Crippen LogP contribution in [-0.4, -0.2) is 28.3 Å². The Balaban J connectivity index is 1.80. The zero-order valence-corrected chi connectivity index (χ0v) is 15.2. The lowest BCUT2D eigenvalue weighted by molar-refractivity contribution is 0.100. The highest BCUT2D eigenvalue weighted by Gasteiger charge is 2.18. The van der Waals surface area contributed by atoms with Gasteiger partial charge in [0.2, 0.25) is 0 Å². The minimum absolute atomic E-state index is 0.0480. The van der Waals surface area contributed by atoms with Crippen molar-refractivity contribution < 1.29 is 14.6 Å². The molecule has 0 aliphatic rings. The smallest absolute Gasteiger partial charge is 0.256 e. The van der Waals surface area contributed by atoms with Crippen molar-refractivity contribution in [2.45, 2.75) is 6.54 Å². The number of hydrogen-bond donors (Lipinski definition) is 5. The number of methoxy groups -OCH3 is 1. The Morgan fingerprint density at radius 3 is 2.85 bits per heavy atom. The van der Waals surface area contributed by atoms with Crippen molar-refractivity contribution in [1.29, 1.82) is 0 Å². The zero-order valence-electron chi connectivity index (χ0n) is 14.4. The summed E-state index contributed by atoms with van der Waals surface area (Å²) in [6.07, 6.45) is 0. The van der Waals surface area contributed by atoms with Crippen LogP contribution in [0.3, 0.4) is 0 Å². The molecule has 0 aliphatic heterocycles. The highest BCUT2D eigenvalue weighted by molar-refractivity contribution is 6.30. The lowest BCUT2D eigenvalue weighted by atomic mass is 10.2. The SMILES string of the molecule is COc1cc(CNc2n[nH]c(Nc3cccc(Cl)c3)c2C(N)=O)ccc1O. The number of nitrogens with two attached hydrogens (primary N) is 1. The molecular weight excluding hydrogens is 370 g/mol. The molecule has 1 amide bonds. The summed E-state index contributed by atoms with van der Waals surface area (Å²) < 4.78 is 5.09. The van der Waals surface area contributed by atoms with Crippen molar-refractivity contribution in [2.24, 2.45) is 5.73 Å². The van der Waals surface area contributed by atoms with Gasteiger partial charge in [0.25, 0.3) is 5.91 Å². The number of carbonyl (C=O) groups excluding carboxylic acids is 1. The van der Waals surface area contributed by atoms with Gasteiger partial charge in [-0.3, -0.25) is 9.89 Å². The first-order valence-corrected chi connectivity index (χ1v) is 8.36. The second-order valence-electron chi connectivity index (χ2n) is 5.68. The van der Waals surface area contributed by atoms with E-state index >= 15 is 0 Å². The van der Waals surface area contributed by atoms with Crippen LogP contribution in [0.5, 0.6) is 11.5 Å². The summed E-state index contributed by atoms with van der Waals surface area (Å²) in [5.74, 6) is 0.426. The monoisotopic (exact) mass is 387 g/mol. The largest absolute Gasteiger partial charge is 0.504 e. The van der Waals surface area contributed by atoms with Gasteiger partial charge in [-0.2, -0.15) is 5.10 Å². The number of aromatic nitrogens is 2. The van der Waals surface area contributed by atoms with Crippen LogP contribution < -0.4 is 21.1 Å². The number of hydrogen-bond acceptors (Lipinski definition) is 6. The normalized spacial score (nSPS) is 10.4. The van der Waals surface area contributed by atoms with E-state index in [1.165, 1.54) is 13.2 Å². The standard InChI is InChI=1S/C18H18ClN5O3/c1-27-14-7-10(5-6-13(14)25)9-21-17-15(16(20)26)18(24-23-17)22-12-4-2-3-11(19)8-12/h2-8,25H,9H2,1H3,(H2,20,26)(H3,21,22,23,24). The zero-order chi connectivity index (χ0) is 19.4. The fourth-order valence-corrected chi connectivity index (χ4v) is 2.72. The highest BCUT2D eigenvalue weighted by atomic mass is 35.5. The number of amides is 1. The summed E-state index contributed by atoms with van der Waals surface area (Å²) in [6.45, 7) is 0.346. The summed E-state index contributed by atoms with van der Waals surface area (Å²) >= 11 is 5.97. The molecule has 0 aliphatic carbocycles. The van der Waals surface area contributed by atoms with Gasteiger partial charge in [0, 0.05) is 17.3 Å². The van der Waals surface area contributed by atoms with E-state index < -0.39 is 5.91 Å². The molecule has 8 nitrogen and oxygen atoms in total. The van der Waals surface area contributed by atoms with Gasteiger partial charge in [0.1, 0.15) is 11.4 Å². The average Bonchev–Trinajstić information content (AvgIpc) is 3.03. The predicted molar refractivity (Wildman–Crippen MR) is 104 cm³/mol. The maximum absolute atomic E-state index is 11.9. The number of benzene rings is 2. The van der Waals surface area contributed by atoms with Gasteiger partial charge in [-0.05, 0) is 35.9 Å². The number of nitrogens with zero attached hydrogens (tertiary/aromatic N) is 1. The van der Waals surface area contributed by atoms with Crippen LogP contribution in [0.1, 0.15) is 15.9 Å². The third kappa shape index (κ3) is 4.24. The van der Waals surface area contributed by atoms with Crippen LogP contribution in [0.2, 0.25) is 5.02 Å². The number of phenols is 1. The van der Waals surface area contributed by atoms with Gasteiger partial charge in [-0.15, -0.1) is 0 Å². The lowest BCUT2D eigenvalue weighted by Gasteiger charge is -2.09. The van der Waals surface area contributed by atoms with Gasteiger partial charge in [0.05, 0.1) is 7.11 Å². The Morgan fingerprint density at radius 2 is 2.15 bits per heavy atom. The Morgan fingerprint density at radius 1 is 1.33 bits per heavy atom. The van der Waals surface area contributed by atoms with E-state index in [-0.39, 0.29) is 11.3 Å². The van der Waals surface area contributed by atoms with E-state index in [2.05, 4.69) is 20.8 Å². The molecule has 0 spiro atoms. The Labute approximate surface area is 160 Å². The minimum atomic E-state index is -0.640. The molecule has 0 bridgehead atoms. The molecule has 0 saturated heterocycles. The summed E-state index contributed by atoms with van der Waals surface area (Å²) in [5, 5.41) is 23.2. The molecule has 0 atom stereocenters. The highest BCUT2D eigenvalue weighted by Crippen LogP contribution is 2.28. The van der Waals surface area contributed by atoms with E-state index in [9.17, 15) is 9.90 Å². The van der Waals surface area contributed by atoms with Crippen molar-refractivity contribution >= 4 is 34.8 Å². The number of rotatable bonds is 7. The molecule has 6 N–H and O–H groups in total. The van der Waals surface area contributed by atoms with Gasteiger partial charge in [0.15, 0.2) is 17.3 Å². The summed E-state index contributed by atoms with van der Waals surface area (Å²) in [7, 11) is 1.47. The van der Waals surface area contributed by atoms with Gasteiger partial charge in [-0.1, -0.05) is 23.7 Å². The van der Waals surface area contributed by atoms with E-state index in [0.717, 1.165) is 5.56 Å². The number of phenolic OH excluding ortho intramolecular Hbond substituents is 1. The molecular formula is C18H18ClN5O3. The topological polar surface area (TPSA) is 125 Å². The molecule has 0 radical (unpaired) electrons. The number of aromatic hydroxyl groups is 1. The number of nitrogens with one attached hydrogen (secondary N) is 3. The van der Waals surface area contributed by atoms with Gasteiger partial charge < -0.3 is 26.2 Å². The minimum Gasteiger partial charge on any atom is -0.504 e. The van der Waals surface area contributed by atoms with Crippen LogP contribution in [0.15, 0.2) is 42.5 Å². The molecule has 27 heavy (non-hydrogen) atoms. The second-order valence-corrected chi connectivity index (χ2v) is 6.12. The molecule has 140 valence electrons. The van der Waals surface area contributed by atoms with Crippen LogP contribution >= 0.6 is 11.6 Å². The third-order valence-electron chi connectivity index (χ3n) is 3.81. The van der Waals surface area contributed by atoms with Crippen molar-refractivity contribution in [1.82, 2.24) is 10.2 Å². The summed E-state index contributed by atoms with van der Waals surface area (Å²) in [6, 6.07) is 12.0. The van der Waals surface area contributed by atoms with Crippen LogP contribution in [0.25, 0.3) is 0 Å². The molecule has 1 heterocycles. The third-order valence-corrected chi connectivity index (χ3v) is 4.05. The number of halogens is 1. The van der Waals surface area contributed by atoms with Crippen molar-refractivity contribution in [3.8, 4) is 11.5 Å². The van der Waals surface area contributed by atoms with E-state index in [1.807, 2.05) is 0 Å². The molecule has 3 aromatic rings. The van der Waals surface area contributed by atoms with Crippen molar-refractivity contribution in [3.63, 3.8) is 0 Å². The Kier molecular flexibility index (Phi) is 5.37. The van der Waals surface area contributed by atoms with Crippen molar-refractivity contribution in [3.05, 3.63) is 58.6 Å². The number of carbonyl (C=O) groups is 1. The lowest BCUT2D eigenvalue weighted by Crippen LogP contribution is -2.15. The maximum atomic E-state index is 11.9. The molecule has 0 saturated carbocycles. The summed E-state index contributed by atoms with van der Waals surface area (Å²) in [4.78, 5) is 11.9. The average molecular weight is 388 g/mol. The number of H-pyrrole nitrogens is 1. The maximum Gasteiger partial charge on any atom is 0.256 e. The molecule has 3 rings (SSSR count). The van der Waals surface area contributed by atoms with Crippen LogP contribution in [0.4, 0.5) is 17.3 Å². The van der Waals surface area contributed by atoms with Crippen molar-refractivity contribution in [2.75, 3.05) is 17.7 Å². The fourth-order valence-electron chi connectivity index (χ4n) is 2.53. The fraction of sp³-hybridized carbons (Fsp3) is 0.111. The molecule has 1 aromatic heterocycles. The number of ether oxygens (including phenoxy) is 1. The number of primary amides is 1. The van der Waals surface area contributed by atoms with E-state index in [0.29, 0.717) is 34.6 Å². The van der Waals surface area contributed by atoms with Gasteiger partial charge in [-0.25, -0.2) is 0 Å². The predicted octanol–water partition coefficient (Wildman–Crippen LogP) is 3.23. The molecule has 2 aromatic carbocycles. The van der Waals surface area contributed by atoms with Crippen LogP contribution in [-0.2, 0) is 6.54 Å². The Bertz CT molecular complexity index is 973. The second kappa shape index (κ2) is 7.88.